The maximum Gasteiger partial charge on any atom is 0.417 e. The van der Waals surface area contributed by atoms with Gasteiger partial charge < -0.3 is 9.72 Å². The van der Waals surface area contributed by atoms with Crippen molar-refractivity contribution in [3.05, 3.63) is 65.4 Å². The van der Waals surface area contributed by atoms with Gasteiger partial charge in [0.25, 0.3) is 0 Å². The zero-order valence-electron chi connectivity index (χ0n) is 12.1. The van der Waals surface area contributed by atoms with Crippen LogP contribution in [-0.2, 0) is 6.18 Å². The smallest absolute Gasteiger partial charge is 0.417 e. The topological polar surface area (TPSA) is 42.1 Å². The molecule has 2 aromatic carbocycles. The van der Waals surface area contributed by atoms with Crippen molar-refractivity contribution in [1.29, 1.82) is 0 Å². The highest BCUT2D eigenvalue weighted by Crippen LogP contribution is 2.34. The third-order valence-electron chi connectivity index (χ3n) is 3.61. The van der Waals surface area contributed by atoms with Crippen LogP contribution in [0.4, 0.5) is 13.2 Å². The number of aromatic nitrogens is 1. The van der Waals surface area contributed by atoms with Crippen molar-refractivity contribution in [2.75, 3.05) is 7.11 Å². The first-order chi connectivity index (χ1) is 10.9. The largest absolute Gasteiger partial charge is 0.497 e. The van der Waals surface area contributed by atoms with Gasteiger partial charge in [-0.1, -0.05) is 18.2 Å². The van der Waals surface area contributed by atoms with Crippen LogP contribution in [0.3, 0.4) is 0 Å². The maximum atomic E-state index is 13.1. The number of rotatable bonds is 3. The first kappa shape index (κ1) is 15.1. The summed E-state index contributed by atoms with van der Waals surface area (Å²) in [6.45, 7) is 0. The number of fused-ring (bicyclic) bond motifs is 1. The van der Waals surface area contributed by atoms with E-state index < -0.39 is 17.5 Å². The van der Waals surface area contributed by atoms with Crippen molar-refractivity contribution >= 4 is 16.7 Å². The summed E-state index contributed by atoms with van der Waals surface area (Å²) in [5.74, 6) is -0.160. The van der Waals surface area contributed by atoms with Crippen molar-refractivity contribution in [2.24, 2.45) is 0 Å². The maximum absolute atomic E-state index is 13.1. The number of ether oxygens (including phenoxy) is 1. The van der Waals surface area contributed by atoms with Crippen molar-refractivity contribution in [2.45, 2.75) is 6.18 Å². The zero-order valence-corrected chi connectivity index (χ0v) is 12.1. The Morgan fingerprint density at radius 2 is 1.83 bits per heavy atom. The van der Waals surface area contributed by atoms with E-state index in [1.54, 1.807) is 18.2 Å². The number of hydrogen-bond donors (Lipinski definition) is 1. The number of hydrogen-bond acceptors (Lipinski definition) is 2. The third kappa shape index (κ3) is 2.67. The van der Waals surface area contributed by atoms with Crippen molar-refractivity contribution in [3.63, 3.8) is 0 Å². The van der Waals surface area contributed by atoms with Gasteiger partial charge in [0.05, 0.1) is 12.7 Å². The second-order valence-corrected chi connectivity index (χ2v) is 4.99. The summed E-state index contributed by atoms with van der Waals surface area (Å²) >= 11 is 0. The molecule has 6 heteroatoms. The Balaban J connectivity index is 2.15. The number of methoxy groups -OCH3 is 1. The Labute approximate surface area is 129 Å². The number of aromatic amines is 1. The molecule has 0 aliphatic carbocycles. The van der Waals surface area contributed by atoms with E-state index in [0.29, 0.717) is 16.7 Å². The molecule has 0 atom stereocenters. The van der Waals surface area contributed by atoms with Crippen LogP contribution in [0, 0.1) is 0 Å². The van der Waals surface area contributed by atoms with Gasteiger partial charge in [0, 0.05) is 28.2 Å². The lowest BCUT2D eigenvalue weighted by Crippen LogP contribution is -2.13. The molecule has 3 aromatic rings. The molecule has 0 saturated carbocycles. The number of H-pyrrole nitrogens is 1. The molecular formula is C17H12F3NO2. The third-order valence-corrected chi connectivity index (χ3v) is 3.61. The summed E-state index contributed by atoms with van der Waals surface area (Å²) in [6, 6.07) is 9.80. The molecule has 0 radical (unpaired) electrons. The standard InChI is InChI=1S/C17H12F3NO2/c1-23-10-6-7-15-12(8-10)13(9-21-15)16(22)11-4-2-3-5-14(11)17(18,19)20/h2-9,21H,1H3. The van der Waals surface area contributed by atoms with Gasteiger partial charge in [-0.25, -0.2) is 0 Å². The van der Waals surface area contributed by atoms with Gasteiger partial charge in [0.15, 0.2) is 5.78 Å². The number of carbonyl (C=O) groups is 1. The minimum absolute atomic E-state index is 0.176. The minimum Gasteiger partial charge on any atom is -0.497 e. The van der Waals surface area contributed by atoms with E-state index in [-0.39, 0.29) is 11.1 Å². The molecule has 0 aliphatic heterocycles. The predicted molar refractivity (Wildman–Crippen MR) is 79.7 cm³/mol. The van der Waals surface area contributed by atoms with E-state index in [1.165, 1.54) is 31.5 Å². The second kappa shape index (κ2) is 5.46. The first-order valence-corrected chi connectivity index (χ1v) is 6.78. The van der Waals surface area contributed by atoms with Gasteiger partial charge in [-0.05, 0) is 24.3 Å². The molecule has 1 N–H and O–H groups in total. The lowest BCUT2D eigenvalue weighted by Gasteiger charge is -2.11. The van der Waals surface area contributed by atoms with Gasteiger partial charge in [-0.15, -0.1) is 0 Å². The number of nitrogens with one attached hydrogen (secondary N) is 1. The quantitative estimate of drug-likeness (QED) is 0.726. The van der Waals surface area contributed by atoms with Gasteiger partial charge >= 0.3 is 6.18 Å². The highest BCUT2D eigenvalue weighted by molar-refractivity contribution is 6.17. The Hall–Kier alpha value is -2.76. The minimum atomic E-state index is -4.59. The summed E-state index contributed by atoms with van der Waals surface area (Å²) in [4.78, 5) is 15.5. The summed E-state index contributed by atoms with van der Waals surface area (Å²) in [6.07, 6.45) is -3.17. The summed E-state index contributed by atoms with van der Waals surface area (Å²) in [7, 11) is 1.48. The SMILES string of the molecule is COc1ccc2[nH]cc(C(=O)c3ccccc3C(F)(F)F)c2c1. The molecule has 1 aromatic heterocycles. The van der Waals surface area contributed by atoms with E-state index in [0.717, 1.165) is 6.07 Å². The fraction of sp³-hybridized carbons (Fsp3) is 0.118. The lowest BCUT2D eigenvalue weighted by molar-refractivity contribution is -0.137. The molecule has 0 saturated heterocycles. The van der Waals surface area contributed by atoms with Crippen LogP contribution < -0.4 is 4.74 Å². The van der Waals surface area contributed by atoms with Crippen LogP contribution >= 0.6 is 0 Å². The average Bonchev–Trinajstić information content (AvgIpc) is 2.96. The van der Waals surface area contributed by atoms with Crippen LogP contribution in [0.5, 0.6) is 5.75 Å². The Kier molecular flexibility index (Phi) is 3.60. The Morgan fingerprint density at radius 1 is 1.09 bits per heavy atom. The van der Waals surface area contributed by atoms with Crippen molar-refractivity contribution in [1.82, 2.24) is 4.98 Å². The predicted octanol–water partition coefficient (Wildman–Crippen LogP) is 4.43. The van der Waals surface area contributed by atoms with Crippen LogP contribution in [0.2, 0.25) is 0 Å². The van der Waals surface area contributed by atoms with Gasteiger partial charge in [0.1, 0.15) is 5.75 Å². The van der Waals surface area contributed by atoms with E-state index in [1.807, 2.05) is 0 Å². The number of halogens is 3. The molecule has 23 heavy (non-hydrogen) atoms. The van der Waals surface area contributed by atoms with Crippen molar-refractivity contribution in [3.8, 4) is 5.75 Å². The summed E-state index contributed by atoms with van der Waals surface area (Å²) in [5.41, 5.74) is -0.486. The summed E-state index contributed by atoms with van der Waals surface area (Å²) < 4.78 is 44.4. The molecule has 3 nitrogen and oxygen atoms in total. The Morgan fingerprint density at radius 3 is 2.52 bits per heavy atom. The Bertz CT molecular complexity index is 881. The van der Waals surface area contributed by atoms with Gasteiger partial charge in [-0.2, -0.15) is 13.2 Å². The number of benzene rings is 2. The molecule has 0 amide bonds. The monoisotopic (exact) mass is 319 g/mol. The van der Waals surface area contributed by atoms with Crippen LogP contribution in [-0.4, -0.2) is 17.9 Å². The van der Waals surface area contributed by atoms with E-state index in [9.17, 15) is 18.0 Å². The first-order valence-electron chi connectivity index (χ1n) is 6.78. The molecule has 0 spiro atoms. The van der Waals surface area contributed by atoms with E-state index in [2.05, 4.69) is 4.98 Å². The molecule has 0 unspecified atom stereocenters. The van der Waals surface area contributed by atoms with E-state index >= 15 is 0 Å². The molecule has 118 valence electrons. The molecule has 0 bridgehead atoms. The number of ketones is 1. The number of alkyl halides is 3. The fourth-order valence-electron chi connectivity index (χ4n) is 2.49. The van der Waals surface area contributed by atoms with E-state index in [4.69, 9.17) is 4.74 Å². The van der Waals surface area contributed by atoms with Gasteiger partial charge in [-0.3, -0.25) is 4.79 Å². The molecule has 0 fully saturated rings. The highest BCUT2D eigenvalue weighted by atomic mass is 19.4. The lowest BCUT2D eigenvalue weighted by atomic mass is 9.97. The second-order valence-electron chi connectivity index (χ2n) is 4.99. The zero-order chi connectivity index (χ0) is 16.6. The van der Waals surface area contributed by atoms with Gasteiger partial charge in [0.2, 0.25) is 0 Å². The average molecular weight is 319 g/mol. The summed E-state index contributed by atoms with van der Waals surface area (Å²) in [5, 5.41) is 0.520. The molecule has 1 heterocycles. The normalized spacial score (nSPS) is 11.7. The molecular weight excluding hydrogens is 307 g/mol. The molecule has 3 rings (SSSR count). The van der Waals surface area contributed by atoms with Crippen LogP contribution in [0.15, 0.2) is 48.7 Å². The molecule has 0 aliphatic rings. The van der Waals surface area contributed by atoms with Crippen molar-refractivity contribution < 1.29 is 22.7 Å². The van der Waals surface area contributed by atoms with Crippen LogP contribution in [0.1, 0.15) is 21.5 Å². The number of carbonyl (C=O) groups excluding carboxylic acids is 1. The van der Waals surface area contributed by atoms with Crippen LogP contribution in [0.25, 0.3) is 10.9 Å². The highest BCUT2D eigenvalue weighted by Gasteiger charge is 2.35. The fourth-order valence-corrected chi connectivity index (χ4v) is 2.49.